The highest BCUT2D eigenvalue weighted by atomic mass is 35.5. The maximum absolute atomic E-state index is 12.2. The second-order valence-electron chi connectivity index (χ2n) is 4.97. The molecule has 23 heavy (non-hydrogen) atoms. The van der Waals surface area contributed by atoms with Crippen molar-refractivity contribution in [3.63, 3.8) is 0 Å². The molecule has 0 aliphatic carbocycles. The highest BCUT2D eigenvalue weighted by molar-refractivity contribution is 7.15. The van der Waals surface area contributed by atoms with Crippen LogP contribution in [-0.2, 0) is 9.53 Å². The van der Waals surface area contributed by atoms with Crippen molar-refractivity contribution in [3.8, 4) is 0 Å². The molecule has 8 nitrogen and oxygen atoms in total. The minimum Gasteiger partial charge on any atom is -0.448 e. The zero-order chi connectivity index (χ0) is 17.1. The number of ether oxygens (including phenoxy) is 1. The monoisotopic (exact) mass is 358 g/mol. The Hall–Kier alpha value is -2.13. The van der Waals surface area contributed by atoms with E-state index in [-0.39, 0.29) is 16.9 Å². The van der Waals surface area contributed by atoms with Crippen LogP contribution in [0.25, 0.3) is 4.96 Å². The standard InChI is InChI=1S/C13H15ClN4O4S/c1-6(2)15-12(21)17-10(19)7(3)22-11(20)8-9(14)16-13-18(8)4-5-23-13/h4-7H,1-3H3,(H2,15,17,19,21)/t7-/m1/s1. The fourth-order valence-electron chi connectivity index (χ4n) is 1.72. The number of nitrogens with zero attached hydrogens (tertiary/aromatic N) is 2. The fraction of sp³-hybridized carbons (Fsp3) is 0.385. The van der Waals surface area contributed by atoms with Gasteiger partial charge in [0.15, 0.2) is 21.9 Å². The highest BCUT2D eigenvalue weighted by Gasteiger charge is 2.25. The van der Waals surface area contributed by atoms with Gasteiger partial charge >= 0.3 is 12.0 Å². The lowest BCUT2D eigenvalue weighted by Gasteiger charge is -2.14. The largest absolute Gasteiger partial charge is 0.448 e. The number of carbonyl (C=O) groups is 3. The quantitative estimate of drug-likeness (QED) is 0.812. The number of imide groups is 1. The molecule has 0 aliphatic heterocycles. The Morgan fingerprint density at radius 3 is 2.70 bits per heavy atom. The minimum absolute atomic E-state index is 0.00740. The van der Waals surface area contributed by atoms with Gasteiger partial charge in [-0.15, -0.1) is 11.3 Å². The number of nitrogens with one attached hydrogen (secondary N) is 2. The van der Waals surface area contributed by atoms with Gasteiger partial charge in [-0.25, -0.2) is 14.6 Å². The molecule has 0 saturated carbocycles. The minimum atomic E-state index is -1.17. The summed E-state index contributed by atoms with van der Waals surface area (Å²) in [6.45, 7) is 4.86. The number of esters is 1. The van der Waals surface area contributed by atoms with E-state index in [2.05, 4.69) is 15.6 Å². The molecule has 3 amide bonds. The van der Waals surface area contributed by atoms with E-state index in [4.69, 9.17) is 16.3 Å². The Bertz CT molecular complexity index is 754. The number of hydrogen-bond acceptors (Lipinski definition) is 6. The van der Waals surface area contributed by atoms with E-state index in [0.717, 1.165) is 0 Å². The van der Waals surface area contributed by atoms with E-state index in [0.29, 0.717) is 4.96 Å². The molecule has 0 saturated heterocycles. The maximum Gasteiger partial charge on any atom is 0.359 e. The van der Waals surface area contributed by atoms with E-state index in [1.807, 2.05) is 0 Å². The van der Waals surface area contributed by atoms with E-state index in [1.54, 1.807) is 25.4 Å². The molecule has 1 atom stereocenters. The third kappa shape index (κ3) is 3.99. The predicted molar refractivity (Wildman–Crippen MR) is 84.8 cm³/mol. The number of imidazole rings is 1. The maximum atomic E-state index is 12.2. The van der Waals surface area contributed by atoms with E-state index >= 15 is 0 Å². The number of amides is 3. The summed E-state index contributed by atoms with van der Waals surface area (Å²) in [4.78, 5) is 40.0. The van der Waals surface area contributed by atoms with Crippen LogP contribution in [0.2, 0.25) is 5.15 Å². The molecule has 0 unspecified atom stereocenters. The number of thiazole rings is 1. The van der Waals surface area contributed by atoms with Crippen molar-refractivity contribution in [3.05, 3.63) is 22.4 Å². The summed E-state index contributed by atoms with van der Waals surface area (Å²) in [7, 11) is 0. The summed E-state index contributed by atoms with van der Waals surface area (Å²) in [5.41, 5.74) is 0.0363. The first-order valence-corrected chi connectivity index (χ1v) is 7.98. The van der Waals surface area contributed by atoms with E-state index in [1.165, 1.54) is 22.7 Å². The predicted octanol–water partition coefficient (Wildman–Crippen LogP) is 1.83. The number of halogens is 1. The van der Waals surface area contributed by atoms with Crippen LogP contribution in [-0.4, -0.2) is 39.4 Å². The molecule has 0 bridgehead atoms. The number of fused-ring (bicyclic) bond motifs is 1. The topological polar surface area (TPSA) is 102 Å². The summed E-state index contributed by atoms with van der Waals surface area (Å²) < 4.78 is 6.53. The van der Waals surface area contributed by atoms with Gasteiger partial charge in [-0.1, -0.05) is 11.6 Å². The molecule has 2 aromatic rings. The Morgan fingerprint density at radius 1 is 1.35 bits per heavy atom. The molecule has 2 N–H and O–H groups in total. The van der Waals surface area contributed by atoms with Crippen LogP contribution in [0.15, 0.2) is 11.6 Å². The van der Waals surface area contributed by atoms with E-state index < -0.39 is 24.0 Å². The third-order valence-electron chi connectivity index (χ3n) is 2.72. The molecule has 0 aliphatic rings. The molecule has 0 fully saturated rings. The first-order valence-electron chi connectivity index (χ1n) is 6.73. The van der Waals surface area contributed by atoms with Crippen molar-refractivity contribution < 1.29 is 19.1 Å². The van der Waals surface area contributed by atoms with Crippen molar-refractivity contribution in [2.24, 2.45) is 0 Å². The summed E-state index contributed by atoms with van der Waals surface area (Å²) in [5, 5.41) is 6.31. The molecule has 0 radical (unpaired) electrons. The highest BCUT2D eigenvalue weighted by Crippen LogP contribution is 2.22. The third-order valence-corrected chi connectivity index (χ3v) is 3.74. The first kappa shape index (κ1) is 17.2. The molecule has 2 aromatic heterocycles. The number of hydrogen-bond donors (Lipinski definition) is 2. The van der Waals surface area contributed by atoms with Crippen LogP contribution in [0.5, 0.6) is 0 Å². The van der Waals surface area contributed by atoms with Crippen LogP contribution >= 0.6 is 22.9 Å². The Balaban J connectivity index is 2.02. The lowest BCUT2D eigenvalue weighted by atomic mass is 10.3. The SMILES string of the molecule is CC(C)NC(=O)NC(=O)[C@@H](C)OC(=O)c1c(Cl)nc2sccn12. The van der Waals surface area contributed by atoms with Gasteiger partial charge in [0.1, 0.15) is 0 Å². The van der Waals surface area contributed by atoms with Crippen LogP contribution in [0, 0.1) is 0 Å². The lowest BCUT2D eigenvalue weighted by Crippen LogP contribution is -2.46. The lowest BCUT2D eigenvalue weighted by molar-refractivity contribution is -0.127. The molecule has 2 heterocycles. The Morgan fingerprint density at radius 2 is 2.04 bits per heavy atom. The molecule has 10 heteroatoms. The van der Waals surface area contributed by atoms with Gasteiger partial charge in [0.25, 0.3) is 5.91 Å². The Labute approximate surface area is 140 Å². The molecule has 0 spiro atoms. The second kappa shape index (κ2) is 6.97. The fourth-order valence-corrected chi connectivity index (χ4v) is 2.74. The van der Waals surface area contributed by atoms with Gasteiger partial charge in [-0.3, -0.25) is 14.5 Å². The van der Waals surface area contributed by atoms with Crippen molar-refractivity contribution in [2.75, 3.05) is 0 Å². The van der Waals surface area contributed by atoms with Crippen LogP contribution in [0.1, 0.15) is 31.3 Å². The first-order chi connectivity index (χ1) is 10.8. The number of carbonyl (C=O) groups excluding carboxylic acids is 3. The average molecular weight is 359 g/mol. The molecular formula is C13H15ClN4O4S. The number of aromatic nitrogens is 2. The van der Waals surface area contributed by atoms with Gasteiger partial charge in [0.05, 0.1) is 0 Å². The van der Waals surface area contributed by atoms with Crippen LogP contribution < -0.4 is 10.6 Å². The molecule has 124 valence electrons. The Kier molecular flexibility index (Phi) is 5.22. The van der Waals surface area contributed by atoms with Gasteiger partial charge in [-0.2, -0.15) is 0 Å². The van der Waals surface area contributed by atoms with Gasteiger partial charge in [-0.05, 0) is 20.8 Å². The molecular weight excluding hydrogens is 344 g/mol. The summed E-state index contributed by atoms with van der Waals surface area (Å²) >= 11 is 7.22. The van der Waals surface area contributed by atoms with Crippen molar-refractivity contribution in [1.29, 1.82) is 0 Å². The van der Waals surface area contributed by atoms with Gasteiger partial charge < -0.3 is 10.1 Å². The van der Waals surface area contributed by atoms with Gasteiger partial charge in [0, 0.05) is 17.6 Å². The zero-order valence-electron chi connectivity index (χ0n) is 12.6. The van der Waals surface area contributed by atoms with Crippen LogP contribution in [0.4, 0.5) is 4.79 Å². The second-order valence-corrected chi connectivity index (χ2v) is 6.20. The van der Waals surface area contributed by atoms with Crippen LogP contribution in [0.3, 0.4) is 0 Å². The number of rotatable bonds is 4. The zero-order valence-corrected chi connectivity index (χ0v) is 14.2. The van der Waals surface area contributed by atoms with Crippen molar-refractivity contribution >= 4 is 45.8 Å². The molecule has 0 aromatic carbocycles. The summed E-state index contributed by atoms with van der Waals surface area (Å²) in [6, 6.07) is -0.784. The smallest absolute Gasteiger partial charge is 0.359 e. The molecule has 2 rings (SSSR count). The summed E-state index contributed by atoms with van der Waals surface area (Å²) in [5.74, 6) is -1.54. The number of urea groups is 1. The van der Waals surface area contributed by atoms with Gasteiger partial charge in [0.2, 0.25) is 0 Å². The van der Waals surface area contributed by atoms with Crippen molar-refractivity contribution in [1.82, 2.24) is 20.0 Å². The normalized spacial score (nSPS) is 12.2. The van der Waals surface area contributed by atoms with Crippen molar-refractivity contribution in [2.45, 2.75) is 32.9 Å². The van der Waals surface area contributed by atoms with E-state index in [9.17, 15) is 14.4 Å². The summed E-state index contributed by atoms with van der Waals surface area (Å²) in [6.07, 6.45) is 0.455. The average Bonchev–Trinajstić information content (AvgIpc) is 2.96.